The molecule has 0 unspecified atom stereocenters. The fourth-order valence-electron chi connectivity index (χ4n) is 3.62. The molecule has 0 saturated heterocycles. The van der Waals surface area contributed by atoms with Gasteiger partial charge in [0.25, 0.3) is 11.5 Å². The van der Waals surface area contributed by atoms with Crippen molar-refractivity contribution in [3.63, 3.8) is 0 Å². The zero-order chi connectivity index (χ0) is 23.1. The molecule has 6 heteroatoms. The molecular formula is C26H24BrFN2O2. The van der Waals surface area contributed by atoms with Crippen molar-refractivity contribution < 1.29 is 9.18 Å². The monoisotopic (exact) mass is 494 g/mol. The summed E-state index contributed by atoms with van der Waals surface area (Å²) in [6, 6.07) is 23.2. The minimum absolute atomic E-state index is 0.0835. The molecule has 2 N–H and O–H groups in total. The van der Waals surface area contributed by atoms with E-state index in [0.29, 0.717) is 16.5 Å². The van der Waals surface area contributed by atoms with Crippen LogP contribution in [0.25, 0.3) is 16.5 Å². The van der Waals surface area contributed by atoms with Crippen LogP contribution in [0.2, 0.25) is 0 Å². The summed E-state index contributed by atoms with van der Waals surface area (Å²) in [4.78, 5) is 24.8. The highest BCUT2D eigenvalue weighted by Gasteiger charge is 2.21. The van der Waals surface area contributed by atoms with E-state index in [-0.39, 0.29) is 16.6 Å². The first kappa shape index (κ1) is 23.4. The Morgan fingerprint density at radius 1 is 0.938 bits per heavy atom. The van der Waals surface area contributed by atoms with E-state index in [1.54, 1.807) is 30.3 Å². The third-order valence-electron chi connectivity index (χ3n) is 5.04. The van der Waals surface area contributed by atoms with Gasteiger partial charge in [0.2, 0.25) is 0 Å². The summed E-state index contributed by atoms with van der Waals surface area (Å²) in [5.74, 6) is -1.22. The van der Waals surface area contributed by atoms with Gasteiger partial charge < -0.3 is 5.73 Å². The maximum Gasteiger partial charge on any atom is 0.263 e. The lowest BCUT2D eigenvalue weighted by atomic mass is 10.0. The molecule has 1 heterocycles. The Bertz CT molecular complexity index is 1290. The second-order valence-corrected chi connectivity index (χ2v) is 7.75. The van der Waals surface area contributed by atoms with Gasteiger partial charge in [-0.25, -0.2) is 4.39 Å². The number of halogens is 2. The summed E-state index contributed by atoms with van der Waals surface area (Å²) in [5, 5.41) is 0.959. The molecule has 164 valence electrons. The predicted molar refractivity (Wildman–Crippen MR) is 131 cm³/mol. The van der Waals surface area contributed by atoms with Crippen LogP contribution < -0.4 is 11.3 Å². The first-order valence-electron chi connectivity index (χ1n) is 10.3. The number of rotatable bonds is 5. The Morgan fingerprint density at radius 3 is 2.12 bits per heavy atom. The van der Waals surface area contributed by atoms with Crippen LogP contribution in [0.5, 0.6) is 0 Å². The quantitative estimate of drug-likeness (QED) is 0.358. The van der Waals surface area contributed by atoms with E-state index in [1.807, 2.05) is 0 Å². The van der Waals surface area contributed by atoms with Crippen LogP contribution in [0.1, 0.15) is 35.0 Å². The van der Waals surface area contributed by atoms with E-state index >= 15 is 0 Å². The van der Waals surface area contributed by atoms with Crippen LogP contribution in [0, 0.1) is 5.82 Å². The molecule has 1 aromatic heterocycles. The van der Waals surface area contributed by atoms with Gasteiger partial charge in [-0.2, -0.15) is 0 Å². The smallest absolute Gasteiger partial charge is 0.263 e. The van der Waals surface area contributed by atoms with Crippen molar-refractivity contribution in [3.05, 3.63) is 112 Å². The summed E-state index contributed by atoms with van der Waals surface area (Å²) in [6.45, 7) is 2.20. The van der Waals surface area contributed by atoms with Crippen LogP contribution in [-0.4, -0.2) is 10.5 Å². The molecule has 0 aliphatic rings. The summed E-state index contributed by atoms with van der Waals surface area (Å²) in [7, 11) is 0. The Kier molecular flexibility index (Phi) is 7.95. The second kappa shape index (κ2) is 10.9. The highest BCUT2D eigenvalue weighted by atomic mass is 79.9. The van der Waals surface area contributed by atoms with Gasteiger partial charge in [0.15, 0.2) is 0 Å². The van der Waals surface area contributed by atoms with E-state index in [1.165, 1.54) is 41.2 Å². The Hall–Kier alpha value is -3.25. The number of amides is 1. The van der Waals surface area contributed by atoms with Gasteiger partial charge in [0, 0.05) is 16.1 Å². The van der Waals surface area contributed by atoms with Gasteiger partial charge in [-0.15, -0.1) is 0 Å². The average molecular weight is 495 g/mol. The molecule has 4 nitrogen and oxygen atoms in total. The van der Waals surface area contributed by atoms with Gasteiger partial charge >= 0.3 is 0 Å². The fourth-order valence-corrected chi connectivity index (χ4v) is 4.15. The largest absolute Gasteiger partial charge is 0.366 e. The molecule has 0 saturated carbocycles. The minimum Gasteiger partial charge on any atom is -0.366 e. The maximum absolute atomic E-state index is 14.2. The van der Waals surface area contributed by atoms with Gasteiger partial charge in [-0.3, -0.25) is 14.2 Å². The lowest BCUT2D eigenvalue weighted by molar-refractivity contribution is 0.100. The summed E-state index contributed by atoms with van der Waals surface area (Å²) in [6.07, 6.45) is 2.45. The molecule has 0 bridgehead atoms. The van der Waals surface area contributed by atoms with Crippen LogP contribution in [0.3, 0.4) is 0 Å². The van der Waals surface area contributed by atoms with Crippen molar-refractivity contribution in [1.82, 2.24) is 4.57 Å². The molecule has 32 heavy (non-hydrogen) atoms. The fraction of sp³-hybridized carbons (Fsp3) is 0.154. The number of hydrogen-bond donors (Lipinski definition) is 1. The highest BCUT2D eigenvalue weighted by Crippen LogP contribution is 2.24. The Labute approximate surface area is 194 Å². The molecular weight excluding hydrogens is 471 g/mol. The number of hydrogen-bond acceptors (Lipinski definition) is 2. The van der Waals surface area contributed by atoms with Gasteiger partial charge in [0.05, 0.1) is 16.9 Å². The molecule has 0 atom stereocenters. The van der Waals surface area contributed by atoms with Crippen molar-refractivity contribution in [3.8, 4) is 5.69 Å². The zero-order valence-corrected chi connectivity index (χ0v) is 19.3. The number of primary amides is 1. The molecule has 0 radical (unpaired) electrons. The number of alkyl halides is 1. The molecule has 4 aromatic rings. The predicted octanol–water partition coefficient (Wildman–Crippen LogP) is 5.76. The molecule has 0 fully saturated rings. The van der Waals surface area contributed by atoms with E-state index < -0.39 is 17.3 Å². The molecule has 1 amide bonds. The number of pyridine rings is 1. The van der Waals surface area contributed by atoms with Crippen molar-refractivity contribution in [1.29, 1.82) is 0 Å². The summed E-state index contributed by atoms with van der Waals surface area (Å²) >= 11 is 3.28. The van der Waals surface area contributed by atoms with Crippen molar-refractivity contribution in [2.24, 2.45) is 5.73 Å². The number of carbonyl (C=O) groups excluding carboxylic acids is 1. The molecule has 0 aliphatic carbocycles. The van der Waals surface area contributed by atoms with E-state index in [4.69, 9.17) is 5.73 Å². The number of benzene rings is 3. The molecule has 0 spiro atoms. The van der Waals surface area contributed by atoms with Crippen molar-refractivity contribution in [2.75, 3.05) is 0 Å². The third-order valence-corrected chi connectivity index (χ3v) is 5.57. The SMILES string of the molecule is CCCc1ccccc1.NC(=O)c1c(CBr)n(-c2ccccc2F)c(=O)c2ccccc12. The lowest BCUT2D eigenvalue weighted by Gasteiger charge is -2.17. The number of nitrogens with zero attached hydrogens (tertiary/aromatic N) is 1. The second-order valence-electron chi connectivity index (χ2n) is 7.19. The van der Waals surface area contributed by atoms with E-state index in [2.05, 4.69) is 53.2 Å². The Balaban J connectivity index is 0.000000269. The van der Waals surface area contributed by atoms with Crippen molar-refractivity contribution >= 4 is 32.6 Å². The summed E-state index contributed by atoms with van der Waals surface area (Å²) < 4.78 is 15.4. The third kappa shape index (κ3) is 4.97. The first-order valence-corrected chi connectivity index (χ1v) is 11.4. The lowest BCUT2D eigenvalue weighted by Crippen LogP contribution is -2.28. The molecule has 3 aromatic carbocycles. The number of nitrogens with two attached hydrogens (primary N) is 1. The average Bonchev–Trinajstić information content (AvgIpc) is 2.81. The van der Waals surface area contributed by atoms with E-state index in [9.17, 15) is 14.0 Å². The van der Waals surface area contributed by atoms with Crippen LogP contribution >= 0.6 is 15.9 Å². The number of carbonyl (C=O) groups is 1. The molecule has 4 rings (SSSR count). The van der Waals surface area contributed by atoms with Crippen molar-refractivity contribution in [2.45, 2.75) is 25.1 Å². The van der Waals surface area contributed by atoms with Crippen LogP contribution in [-0.2, 0) is 11.8 Å². The normalized spacial score (nSPS) is 10.5. The van der Waals surface area contributed by atoms with Crippen LogP contribution in [0.4, 0.5) is 4.39 Å². The highest BCUT2D eigenvalue weighted by molar-refractivity contribution is 9.08. The number of fused-ring (bicyclic) bond motifs is 1. The van der Waals surface area contributed by atoms with E-state index in [0.717, 1.165) is 0 Å². The zero-order valence-electron chi connectivity index (χ0n) is 17.7. The Morgan fingerprint density at radius 2 is 1.53 bits per heavy atom. The topological polar surface area (TPSA) is 65.1 Å². The standard InChI is InChI=1S/C17H12BrFN2O2.C9H12/c18-9-14-15(16(20)22)10-5-1-2-6-11(10)17(23)21(14)13-8-4-3-7-12(13)19;1-2-6-9-7-4-3-5-8-9/h1-8H,9H2,(H2,20,22);3-5,7-8H,2,6H2,1H3. The van der Waals surface area contributed by atoms with Gasteiger partial charge in [-0.1, -0.05) is 89.9 Å². The maximum atomic E-state index is 14.2. The summed E-state index contributed by atoms with van der Waals surface area (Å²) in [5.41, 5.74) is 7.19. The minimum atomic E-state index is -0.666. The number of aryl methyl sites for hydroxylation is 1. The first-order chi connectivity index (χ1) is 15.5. The van der Waals surface area contributed by atoms with Gasteiger partial charge in [-0.05, 0) is 30.2 Å². The van der Waals surface area contributed by atoms with Gasteiger partial charge in [0.1, 0.15) is 5.82 Å². The number of para-hydroxylation sites is 1. The van der Waals surface area contributed by atoms with Crippen LogP contribution in [0.15, 0.2) is 83.7 Å². The molecule has 0 aliphatic heterocycles. The number of aromatic nitrogens is 1.